The van der Waals surface area contributed by atoms with E-state index in [1.54, 1.807) is 0 Å². The van der Waals surface area contributed by atoms with Gasteiger partial charge in [0.05, 0.1) is 30.4 Å². The smallest absolute Gasteiger partial charge is 0.416 e. The van der Waals surface area contributed by atoms with Crippen LogP contribution in [0.1, 0.15) is 50.5 Å². The van der Waals surface area contributed by atoms with Crippen molar-refractivity contribution in [2.24, 2.45) is 5.41 Å². The Hall–Kier alpha value is -2.40. The summed E-state index contributed by atoms with van der Waals surface area (Å²) in [6.45, 7) is 3.27. The fourth-order valence-corrected chi connectivity index (χ4v) is 6.23. The Labute approximate surface area is 213 Å². The number of hydrogen-bond donors (Lipinski definition) is 1. The molecule has 37 heavy (non-hydrogen) atoms. The number of fused-ring (bicyclic) bond motifs is 1. The minimum absolute atomic E-state index is 0.000629. The van der Waals surface area contributed by atoms with Gasteiger partial charge in [-0.3, -0.25) is 14.5 Å². The number of carbonyl (C=O) groups is 2. The van der Waals surface area contributed by atoms with E-state index in [0.29, 0.717) is 38.5 Å². The van der Waals surface area contributed by atoms with Crippen LogP contribution in [-0.2, 0) is 20.5 Å². The third kappa shape index (κ3) is 6.03. The molecular weight excluding hydrogens is 494 g/mol. The predicted octanol–water partition coefficient (Wildman–Crippen LogP) is 3.36. The van der Waals surface area contributed by atoms with Crippen LogP contribution in [0.3, 0.4) is 0 Å². The van der Waals surface area contributed by atoms with Crippen molar-refractivity contribution in [1.82, 2.24) is 15.1 Å². The minimum atomic E-state index is -4.60. The highest BCUT2D eigenvalue weighted by Crippen LogP contribution is 2.50. The zero-order valence-corrected chi connectivity index (χ0v) is 20.7. The number of ether oxygens (including phenoxy) is 2. The van der Waals surface area contributed by atoms with E-state index in [1.807, 2.05) is 4.90 Å². The second kappa shape index (κ2) is 10.4. The van der Waals surface area contributed by atoms with E-state index >= 15 is 0 Å². The summed E-state index contributed by atoms with van der Waals surface area (Å²) in [4.78, 5) is 28.8. The summed E-state index contributed by atoms with van der Waals surface area (Å²) in [7, 11) is 0. The Kier molecular flexibility index (Phi) is 7.37. The number of nitrogens with one attached hydrogen (secondary N) is 1. The Morgan fingerprint density at radius 2 is 1.92 bits per heavy atom. The monoisotopic (exact) mass is 527 g/mol. The van der Waals surface area contributed by atoms with Crippen LogP contribution in [0.4, 0.5) is 17.6 Å². The maximum atomic E-state index is 14.2. The molecule has 1 N–H and O–H groups in total. The number of alkyl halides is 3. The van der Waals surface area contributed by atoms with Gasteiger partial charge in [0.25, 0.3) is 0 Å². The fraction of sp³-hybridized carbons (Fsp3) is 0.692. The average Bonchev–Trinajstić information content (AvgIpc) is 3.16. The molecule has 5 rings (SSSR count). The molecule has 0 bridgehead atoms. The van der Waals surface area contributed by atoms with Gasteiger partial charge in [-0.1, -0.05) is 0 Å². The van der Waals surface area contributed by atoms with Crippen LogP contribution in [0.5, 0.6) is 5.75 Å². The summed E-state index contributed by atoms with van der Waals surface area (Å²) in [6, 6.07) is 2.36. The Morgan fingerprint density at radius 1 is 1.14 bits per heavy atom. The topological polar surface area (TPSA) is 71.1 Å². The molecule has 4 aliphatic rings. The molecule has 7 nitrogen and oxygen atoms in total. The predicted molar refractivity (Wildman–Crippen MR) is 125 cm³/mol. The molecule has 0 radical (unpaired) electrons. The number of amides is 2. The van der Waals surface area contributed by atoms with Gasteiger partial charge in [0.15, 0.2) is 11.6 Å². The van der Waals surface area contributed by atoms with Gasteiger partial charge in [-0.25, -0.2) is 4.39 Å². The molecule has 0 unspecified atom stereocenters. The van der Waals surface area contributed by atoms with Crippen LogP contribution in [0, 0.1) is 11.2 Å². The quantitative estimate of drug-likeness (QED) is 0.609. The van der Waals surface area contributed by atoms with Crippen LogP contribution in [-0.4, -0.2) is 79.2 Å². The highest BCUT2D eigenvalue weighted by Gasteiger charge is 2.46. The van der Waals surface area contributed by atoms with Crippen molar-refractivity contribution in [1.29, 1.82) is 0 Å². The van der Waals surface area contributed by atoms with Gasteiger partial charge >= 0.3 is 6.18 Å². The van der Waals surface area contributed by atoms with Gasteiger partial charge in [-0.15, -0.1) is 0 Å². The van der Waals surface area contributed by atoms with Gasteiger partial charge in [-0.05, 0) is 68.6 Å². The number of likely N-dealkylation sites (tertiary alicyclic amines) is 2. The Bertz CT molecular complexity index is 1010. The lowest BCUT2D eigenvalue weighted by Gasteiger charge is -2.47. The summed E-state index contributed by atoms with van der Waals surface area (Å²) >= 11 is 0. The molecule has 1 aromatic carbocycles. The van der Waals surface area contributed by atoms with Crippen molar-refractivity contribution < 1.29 is 36.6 Å². The highest BCUT2D eigenvalue weighted by atomic mass is 19.4. The normalized spacial score (nSPS) is 31.1. The first-order chi connectivity index (χ1) is 17.6. The maximum absolute atomic E-state index is 14.2. The number of hydrogen-bond acceptors (Lipinski definition) is 5. The van der Waals surface area contributed by atoms with E-state index in [0.717, 1.165) is 57.3 Å². The molecule has 2 atom stereocenters. The van der Waals surface area contributed by atoms with Gasteiger partial charge in [-0.2, -0.15) is 13.2 Å². The number of halogens is 4. The molecule has 204 valence electrons. The molecule has 1 aromatic rings. The average molecular weight is 528 g/mol. The Balaban J connectivity index is 1.08. The number of rotatable bonds is 4. The molecule has 3 aliphatic heterocycles. The van der Waals surface area contributed by atoms with E-state index in [1.165, 1.54) is 0 Å². The van der Waals surface area contributed by atoms with Crippen LogP contribution < -0.4 is 10.1 Å². The molecule has 1 saturated carbocycles. The number of carbonyl (C=O) groups excluding carboxylic acids is 2. The molecule has 1 aliphatic carbocycles. The summed E-state index contributed by atoms with van der Waals surface area (Å²) in [6.07, 6.45) is 0.757. The lowest BCUT2D eigenvalue weighted by atomic mass is 9.62. The third-order valence-corrected chi connectivity index (χ3v) is 8.34. The number of benzene rings is 1. The molecule has 11 heteroatoms. The van der Waals surface area contributed by atoms with Crippen LogP contribution >= 0.6 is 0 Å². The lowest BCUT2D eigenvalue weighted by molar-refractivity contribution is -0.138. The van der Waals surface area contributed by atoms with Crippen molar-refractivity contribution in [2.45, 2.75) is 69.4 Å². The van der Waals surface area contributed by atoms with Crippen LogP contribution in [0.15, 0.2) is 18.2 Å². The highest BCUT2D eigenvalue weighted by molar-refractivity contribution is 5.79. The summed E-state index contributed by atoms with van der Waals surface area (Å²) in [5, 5.41) is 2.99. The third-order valence-electron chi connectivity index (χ3n) is 8.34. The van der Waals surface area contributed by atoms with E-state index in [9.17, 15) is 27.2 Å². The molecular formula is C26H33F4N3O4. The summed E-state index contributed by atoms with van der Waals surface area (Å²) in [5.41, 5.74) is -1.01. The van der Waals surface area contributed by atoms with E-state index in [4.69, 9.17) is 9.47 Å². The number of morpholine rings is 1. The maximum Gasteiger partial charge on any atom is 0.416 e. The Morgan fingerprint density at radius 3 is 2.68 bits per heavy atom. The molecule has 3 heterocycles. The first kappa shape index (κ1) is 26.2. The van der Waals surface area contributed by atoms with Crippen LogP contribution in [0.25, 0.3) is 0 Å². The fourth-order valence-electron chi connectivity index (χ4n) is 6.23. The number of nitrogens with zero attached hydrogens (tertiary/aromatic N) is 2. The van der Waals surface area contributed by atoms with Crippen LogP contribution in [0.2, 0.25) is 0 Å². The zero-order chi connectivity index (χ0) is 26.2. The van der Waals surface area contributed by atoms with Crippen molar-refractivity contribution in [3.05, 3.63) is 29.6 Å². The van der Waals surface area contributed by atoms with Crippen molar-refractivity contribution in [3.8, 4) is 5.75 Å². The van der Waals surface area contributed by atoms with Crippen molar-refractivity contribution in [3.63, 3.8) is 0 Å². The first-order valence-corrected chi connectivity index (χ1v) is 13.0. The van der Waals surface area contributed by atoms with Crippen molar-refractivity contribution in [2.75, 3.05) is 39.3 Å². The first-order valence-electron chi connectivity index (χ1n) is 13.0. The lowest BCUT2D eigenvalue weighted by Crippen LogP contribution is -2.51. The van der Waals surface area contributed by atoms with Gasteiger partial charge < -0.3 is 19.7 Å². The molecule has 0 aromatic heterocycles. The molecule has 3 saturated heterocycles. The van der Waals surface area contributed by atoms with E-state index in [-0.39, 0.29) is 47.8 Å². The second-order valence-corrected chi connectivity index (χ2v) is 10.9. The molecule has 2 amide bonds. The van der Waals surface area contributed by atoms with Gasteiger partial charge in [0, 0.05) is 26.2 Å². The standard InChI is InChI=1S/C26H33F4N3O4/c27-19-12-17(26(28,29)30)2-3-21(19)37-18-13-25(14-18)6-1-8-33(11-7-25)24(35)15-32-9-4-20-22(5-10-32)36-16-23(34)31-20/h2-3,12,18,20,22H,1,4-11,13-16H2,(H,31,34)/t18?,20-,22+,25?/m1/s1. The summed E-state index contributed by atoms with van der Waals surface area (Å²) < 4.78 is 63.8. The summed E-state index contributed by atoms with van der Waals surface area (Å²) in [5.74, 6) is -1.14. The molecule has 1 spiro atoms. The minimum Gasteiger partial charge on any atom is -0.487 e. The SMILES string of the molecule is O=C1CO[C@H]2CCN(CC(=O)N3CCCC4(CC3)CC(Oc3ccc(C(F)(F)F)cc3F)C4)CC[C@H]2N1. The van der Waals surface area contributed by atoms with Gasteiger partial charge in [0.1, 0.15) is 6.61 Å². The van der Waals surface area contributed by atoms with Gasteiger partial charge in [0.2, 0.25) is 11.8 Å². The van der Waals surface area contributed by atoms with Crippen molar-refractivity contribution >= 4 is 11.8 Å². The largest absolute Gasteiger partial charge is 0.487 e. The van der Waals surface area contributed by atoms with E-state index in [2.05, 4.69) is 10.2 Å². The second-order valence-electron chi connectivity index (χ2n) is 10.9. The molecule has 4 fully saturated rings. The van der Waals surface area contributed by atoms with E-state index < -0.39 is 17.6 Å². The zero-order valence-electron chi connectivity index (χ0n) is 20.7.